The molecule has 25 heavy (non-hydrogen) atoms. The van der Waals surface area contributed by atoms with Crippen molar-refractivity contribution < 1.29 is 14.3 Å². The number of hydrogen-bond donors (Lipinski definition) is 2. The Labute approximate surface area is 147 Å². The average Bonchev–Trinajstić information content (AvgIpc) is 3.25. The minimum atomic E-state index is -0.343. The molecule has 1 aromatic heterocycles. The van der Waals surface area contributed by atoms with Gasteiger partial charge in [-0.2, -0.15) is 5.10 Å². The van der Waals surface area contributed by atoms with Crippen LogP contribution in [0.2, 0.25) is 0 Å². The van der Waals surface area contributed by atoms with Gasteiger partial charge in [0.2, 0.25) is 0 Å². The van der Waals surface area contributed by atoms with E-state index in [2.05, 4.69) is 15.5 Å². The summed E-state index contributed by atoms with van der Waals surface area (Å²) in [5.41, 5.74) is 6.75. The van der Waals surface area contributed by atoms with E-state index in [1.165, 1.54) is 0 Å². The van der Waals surface area contributed by atoms with E-state index in [0.29, 0.717) is 30.2 Å². The van der Waals surface area contributed by atoms with Crippen molar-refractivity contribution in [1.82, 2.24) is 15.3 Å². The lowest BCUT2D eigenvalue weighted by atomic mass is 10.0. The summed E-state index contributed by atoms with van der Waals surface area (Å²) in [5.74, 6) is -0.162. The second-order valence-corrected chi connectivity index (χ2v) is 6.87. The van der Waals surface area contributed by atoms with Crippen molar-refractivity contribution >= 4 is 23.7 Å². The lowest BCUT2D eigenvalue weighted by molar-refractivity contribution is -0.116. The summed E-state index contributed by atoms with van der Waals surface area (Å²) in [6, 6.07) is 0. The van der Waals surface area contributed by atoms with Crippen LogP contribution in [0.4, 0.5) is 0 Å². The zero-order valence-corrected chi connectivity index (χ0v) is 15.1. The quantitative estimate of drug-likeness (QED) is 0.606. The number of carbonyl (C=O) groups excluding carboxylic acids is 2. The molecule has 1 aliphatic heterocycles. The number of aromatic amines is 1. The number of aryl methyl sites for hydroxylation is 1. The molecule has 0 radical (unpaired) electrons. The van der Waals surface area contributed by atoms with Crippen LogP contribution >= 0.6 is 0 Å². The van der Waals surface area contributed by atoms with Crippen molar-refractivity contribution in [1.29, 1.82) is 0 Å². The molecule has 7 heteroatoms. The summed E-state index contributed by atoms with van der Waals surface area (Å²) in [6.45, 7) is 4.71. The van der Waals surface area contributed by atoms with Gasteiger partial charge in [0.1, 0.15) is 6.61 Å². The summed E-state index contributed by atoms with van der Waals surface area (Å²) in [5, 5.41) is 4.15. The van der Waals surface area contributed by atoms with Crippen LogP contribution in [0, 0.1) is 19.8 Å². The third-order valence-electron chi connectivity index (χ3n) is 4.50. The van der Waals surface area contributed by atoms with Crippen molar-refractivity contribution in [3.63, 3.8) is 0 Å². The first-order valence-electron chi connectivity index (χ1n) is 8.49. The number of amides is 1. The Kier molecular flexibility index (Phi) is 4.76. The first-order valence-corrected chi connectivity index (χ1v) is 8.49. The van der Waals surface area contributed by atoms with E-state index < -0.39 is 0 Å². The van der Waals surface area contributed by atoms with Gasteiger partial charge in [-0.1, -0.05) is 0 Å². The monoisotopic (exact) mass is 344 g/mol. The van der Waals surface area contributed by atoms with Gasteiger partial charge in [-0.3, -0.25) is 4.79 Å². The Balaban J connectivity index is 1.82. The molecule has 3 rings (SSSR count). The molecule has 0 saturated heterocycles. The zero-order valence-electron chi connectivity index (χ0n) is 15.1. The fourth-order valence-electron chi connectivity index (χ4n) is 2.92. The van der Waals surface area contributed by atoms with Gasteiger partial charge in [0.05, 0.1) is 16.8 Å². The highest BCUT2D eigenvalue weighted by atomic mass is 16.5. The summed E-state index contributed by atoms with van der Waals surface area (Å²) in [6.07, 6.45) is 3.92. The van der Waals surface area contributed by atoms with Gasteiger partial charge in [-0.05, 0) is 52.4 Å². The molecule has 2 aliphatic rings. The van der Waals surface area contributed by atoms with Crippen molar-refractivity contribution in [2.45, 2.75) is 26.7 Å². The molecule has 2 heterocycles. The normalized spacial score (nSPS) is 18.7. The highest BCUT2D eigenvalue weighted by Crippen LogP contribution is 2.35. The Bertz CT molecular complexity index is 770. The number of hydrogen-bond acceptors (Lipinski definition) is 5. The van der Waals surface area contributed by atoms with Gasteiger partial charge in [0, 0.05) is 23.9 Å². The topological polar surface area (TPSA) is 86.8 Å². The van der Waals surface area contributed by atoms with Crippen LogP contribution in [0.1, 0.15) is 40.2 Å². The number of ether oxygens (including phenoxy) is 1. The number of aromatic nitrogens is 1. The molecule has 134 valence electrons. The van der Waals surface area contributed by atoms with Crippen molar-refractivity contribution in [2.24, 2.45) is 11.0 Å². The molecule has 2 N–H and O–H groups in total. The molecular weight excluding hydrogens is 320 g/mol. The molecule has 0 atom stereocenters. The summed E-state index contributed by atoms with van der Waals surface area (Å²) < 4.78 is 5.35. The lowest BCUT2D eigenvalue weighted by Crippen LogP contribution is -2.20. The fraction of sp³-hybridized carbons (Fsp3) is 0.500. The van der Waals surface area contributed by atoms with Gasteiger partial charge in [0.15, 0.2) is 0 Å². The molecule has 1 amide bonds. The van der Waals surface area contributed by atoms with Crippen LogP contribution in [0.15, 0.2) is 10.7 Å². The van der Waals surface area contributed by atoms with Crippen molar-refractivity contribution in [3.05, 3.63) is 28.1 Å². The van der Waals surface area contributed by atoms with Crippen LogP contribution < -0.4 is 5.43 Å². The number of nitrogens with zero attached hydrogens (tertiary/aromatic N) is 2. The number of hydrazone groups is 1. The lowest BCUT2D eigenvalue weighted by Gasteiger charge is -2.10. The van der Waals surface area contributed by atoms with Crippen molar-refractivity contribution in [3.8, 4) is 0 Å². The van der Waals surface area contributed by atoms with E-state index in [9.17, 15) is 9.59 Å². The smallest absolute Gasteiger partial charge is 0.340 e. The van der Waals surface area contributed by atoms with E-state index in [4.69, 9.17) is 4.74 Å². The minimum Gasteiger partial charge on any atom is -0.461 e. The number of nitrogens with one attached hydrogen (secondary N) is 2. The van der Waals surface area contributed by atoms with Gasteiger partial charge >= 0.3 is 5.97 Å². The fourth-order valence-corrected chi connectivity index (χ4v) is 2.92. The molecule has 0 bridgehead atoms. The molecule has 0 aromatic carbocycles. The maximum Gasteiger partial charge on any atom is 0.340 e. The minimum absolute atomic E-state index is 0.191. The Morgan fingerprint density at radius 1 is 1.36 bits per heavy atom. The second-order valence-electron chi connectivity index (χ2n) is 6.87. The van der Waals surface area contributed by atoms with Gasteiger partial charge < -0.3 is 14.6 Å². The Morgan fingerprint density at radius 3 is 2.72 bits per heavy atom. The maximum atomic E-state index is 12.4. The molecule has 1 aliphatic carbocycles. The molecular formula is C18H24N4O3. The van der Waals surface area contributed by atoms with E-state index in [0.717, 1.165) is 35.5 Å². The van der Waals surface area contributed by atoms with Crippen LogP contribution in [-0.4, -0.2) is 54.7 Å². The Hall–Kier alpha value is -2.41. The van der Waals surface area contributed by atoms with Crippen LogP contribution in [0.5, 0.6) is 0 Å². The number of H-pyrrole nitrogens is 1. The summed E-state index contributed by atoms with van der Waals surface area (Å²) in [7, 11) is 3.85. The van der Waals surface area contributed by atoms with E-state index in [1.54, 1.807) is 6.08 Å². The van der Waals surface area contributed by atoms with Gasteiger partial charge in [-0.15, -0.1) is 0 Å². The molecule has 1 fully saturated rings. The first kappa shape index (κ1) is 17.4. The standard InChI is InChI=1S/C18H24N4O3/c1-10-14(9-13-16(12-5-6-12)20-21-17(13)23)19-11(2)15(10)18(24)25-8-7-22(3)4/h9,12,19H,5-8H2,1-4H3,(H,21,23)/b13-9-. The number of esters is 1. The average molecular weight is 344 g/mol. The van der Waals surface area contributed by atoms with E-state index in [1.807, 2.05) is 32.8 Å². The maximum absolute atomic E-state index is 12.4. The Morgan fingerprint density at radius 2 is 2.08 bits per heavy atom. The summed E-state index contributed by atoms with van der Waals surface area (Å²) >= 11 is 0. The second kappa shape index (κ2) is 6.84. The number of rotatable bonds is 6. The molecule has 0 unspecified atom stereocenters. The van der Waals surface area contributed by atoms with Gasteiger partial charge in [-0.25, -0.2) is 10.2 Å². The van der Waals surface area contributed by atoms with E-state index in [-0.39, 0.29) is 11.9 Å². The zero-order chi connectivity index (χ0) is 18.1. The van der Waals surface area contributed by atoms with Crippen LogP contribution in [0.3, 0.4) is 0 Å². The van der Waals surface area contributed by atoms with E-state index >= 15 is 0 Å². The third kappa shape index (κ3) is 3.66. The first-order chi connectivity index (χ1) is 11.9. The number of likely N-dealkylation sites (N-methyl/N-ethyl adjacent to an activating group) is 1. The SMILES string of the molecule is Cc1[nH]c(/C=C2\C(=O)NN=C2C2CC2)c(C)c1C(=O)OCCN(C)C. The predicted octanol–water partition coefficient (Wildman–Crippen LogP) is 1.63. The van der Waals surface area contributed by atoms with Crippen LogP contribution in [-0.2, 0) is 9.53 Å². The molecule has 0 spiro atoms. The molecule has 1 aromatic rings. The third-order valence-corrected chi connectivity index (χ3v) is 4.50. The predicted molar refractivity (Wildman–Crippen MR) is 95.4 cm³/mol. The largest absolute Gasteiger partial charge is 0.461 e. The molecule has 7 nitrogen and oxygen atoms in total. The van der Waals surface area contributed by atoms with Gasteiger partial charge in [0.25, 0.3) is 5.91 Å². The number of carbonyl (C=O) groups is 2. The summed E-state index contributed by atoms with van der Waals surface area (Å²) in [4.78, 5) is 29.6. The highest BCUT2D eigenvalue weighted by molar-refractivity contribution is 6.28. The highest BCUT2D eigenvalue weighted by Gasteiger charge is 2.36. The van der Waals surface area contributed by atoms with Crippen LogP contribution in [0.25, 0.3) is 6.08 Å². The van der Waals surface area contributed by atoms with Crippen molar-refractivity contribution in [2.75, 3.05) is 27.2 Å². The molecule has 1 saturated carbocycles.